The molecular formula is C6H5ClF3N3O. The standard InChI is InChI=1S/C6H5ClF3N3O/c7-4-3(5(11)14)1-13(12-4)2-6(8,9)10/h1H,2H2,(H2,11,14). The van der Waals surface area contributed by atoms with Crippen molar-refractivity contribution in [2.45, 2.75) is 12.7 Å². The maximum absolute atomic E-state index is 11.9. The van der Waals surface area contributed by atoms with Crippen molar-refractivity contribution in [1.82, 2.24) is 9.78 Å². The number of hydrogen-bond donors (Lipinski definition) is 1. The van der Waals surface area contributed by atoms with E-state index in [9.17, 15) is 18.0 Å². The number of carbonyl (C=O) groups excluding carboxylic acids is 1. The molecule has 0 unspecified atom stereocenters. The second-order valence-corrected chi connectivity index (χ2v) is 2.87. The van der Waals surface area contributed by atoms with E-state index in [2.05, 4.69) is 5.10 Å². The average Bonchev–Trinajstić information content (AvgIpc) is 2.26. The molecule has 14 heavy (non-hydrogen) atoms. The minimum atomic E-state index is -4.41. The summed E-state index contributed by atoms with van der Waals surface area (Å²) in [6.45, 7) is -1.31. The molecule has 78 valence electrons. The molecule has 1 aromatic rings. The molecule has 1 amide bonds. The Balaban J connectivity index is 2.92. The van der Waals surface area contributed by atoms with Crippen molar-refractivity contribution in [3.8, 4) is 0 Å². The summed E-state index contributed by atoms with van der Waals surface area (Å²) in [5.74, 6) is -0.913. The number of nitrogens with zero attached hydrogens (tertiary/aromatic N) is 2. The van der Waals surface area contributed by atoms with Gasteiger partial charge < -0.3 is 5.73 Å². The first-order valence-corrected chi connectivity index (χ1v) is 3.77. The third kappa shape index (κ3) is 2.63. The van der Waals surface area contributed by atoms with Gasteiger partial charge in [0.2, 0.25) is 0 Å². The van der Waals surface area contributed by atoms with Crippen LogP contribution in [0.15, 0.2) is 6.20 Å². The van der Waals surface area contributed by atoms with Crippen molar-refractivity contribution < 1.29 is 18.0 Å². The van der Waals surface area contributed by atoms with Gasteiger partial charge in [-0.05, 0) is 0 Å². The van der Waals surface area contributed by atoms with Gasteiger partial charge in [-0.2, -0.15) is 18.3 Å². The van der Waals surface area contributed by atoms with E-state index < -0.39 is 18.6 Å². The Kier molecular flexibility index (Phi) is 2.70. The first kappa shape index (κ1) is 10.8. The summed E-state index contributed by atoms with van der Waals surface area (Å²) in [5.41, 5.74) is 4.61. The van der Waals surface area contributed by atoms with E-state index in [4.69, 9.17) is 17.3 Å². The monoisotopic (exact) mass is 227 g/mol. The van der Waals surface area contributed by atoms with E-state index in [1.807, 2.05) is 0 Å². The highest BCUT2D eigenvalue weighted by molar-refractivity contribution is 6.32. The minimum Gasteiger partial charge on any atom is -0.365 e. The highest BCUT2D eigenvalue weighted by Crippen LogP contribution is 2.19. The third-order valence-electron chi connectivity index (χ3n) is 1.32. The summed E-state index contributed by atoms with van der Waals surface area (Å²) >= 11 is 5.37. The van der Waals surface area contributed by atoms with E-state index >= 15 is 0 Å². The summed E-state index contributed by atoms with van der Waals surface area (Å²) in [4.78, 5) is 10.6. The first-order chi connectivity index (χ1) is 6.29. The maximum atomic E-state index is 11.9. The number of alkyl halides is 3. The largest absolute Gasteiger partial charge is 0.408 e. The highest BCUT2D eigenvalue weighted by Gasteiger charge is 2.29. The topological polar surface area (TPSA) is 60.9 Å². The van der Waals surface area contributed by atoms with Gasteiger partial charge in [0.05, 0.1) is 5.56 Å². The van der Waals surface area contributed by atoms with Crippen LogP contribution in [0.2, 0.25) is 5.15 Å². The van der Waals surface area contributed by atoms with Gasteiger partial charge in [-0.3, -0.25) is 9.48 Å². The van der Waals surface area contributed by atoms with Crippen molar-refractivity contribution in [2.75, 3.05) is 0 Å². The van der Waals surface area contributed by atoms with Gasteiger partial charge >= 0.3 is 6.18 Å². The Labute approximate surface area is 81.4 Å². The van der Waals surface area contributed by atoms with Crippen LogP contribution in [0.1, 0.15) is 10.4 Å². The minimum absolute atomic E-state index is 0.226. The summed E-state index contributed by atoms with van der Waals surface area (Å²) in [6, 6.07) is 0. The lowest BCUT2D eigenvalue weighted by Crippen LogP contribution is -2.18. The highest BCUT2D eigenvalue weighted by atomic mass is 35.5. The molecule has 0 aliphatic rings. The van der Waals surface area contributed by atoms with Crippen molar-refractivity contribution >= 4 is 17.5 Å². The van der Waals surface area contributed by atoms with Gasteiger partial charge in [-0.15, -0.1) is 0 Å². The Morgan fingerprint density at radius 1 is 1.64 bits per heavy atom. The second-order valence-electron chi connectivity index (χ2n) is 2.51. The molecule has 1 rings (SSSR count). The van der Waals surface area contributed by atoms with Gasteiger partial charge in [0.1, 0.15) is 6.54 Å². The van der Waals surface area contributed by atoms with Crippen molar-refractivity contribution in [1.29, 1.82) is 0 Å². The lowest BCUT2D eigenvalue weighted by Gasteiger charge is -2.04. The number of carbonyl (C=O) groups is 1. The Morgan fingerprint density at radius 2 is 2.21 bits per heavy atom. The average molecular weight is 228 g/mol. The van der Waals surface area contributed by atoms with Crippen LogP contribution in [0, 0.1) is 0 Å². The Bertz CT molecular complexity index is 360. The summed E-state index contributed by atoms with van der Waals surface area (Å²) in [7, 11) is 0. The predicted octanol–water partition coefficient (Wildman–Crippen LogP) is 1.20. The van der Waals surface area contributed by atoms with E-state index in [-0.39, 0.29) is 10.7 Å². The molecule has 0 fully saturated rings. The normalized spacial score (nSPS) is 11.7. The van der Waals surface area contributed by atoms with Gasteiger partial charge in [-0.1, -0.05) is 11.6 Å². The second kappa shape index (κ2) is 3.49. The number of hydrogen-bond acceptors (Lipinski definition) is 2. The first-order valence-electron chi connectivity index (χ1n) is 3.39. The zero-order valence-corrected chi connectivity index (χ0v) is 7.43. The molecule has 0 spiro atoms. The lowest BCUT2D eigenvalue weighted by atomic mass is 10.3. The summed E-state index contributed by atoms with van der Waals surface area (Å²) in [6.07, 6.45) is -3.55. The molecule has 4 nitrogen and oxygen atoms in total. The van der Waals surface area contributed by atoms with E-state index in [0.29, 0.717) is 4.68 Å². The van der Waals surface area contributed by atoms with Crippen LogP contribution in [-0.2, 0) is 6.54 Å². The fourth-order valence-corrected chi connectivity index (χ4v) is 1.07. The molecule has 2 N–H and O–H groups in total. The van der Waals surface area contributed by atoms with Gasteiger partial charge in [0.25, 0.3) is 5.91 Å². The molecule has 0 radical (unpaired) electrons. The molecule has 0 aromatic carbocycles. The van der Waals surface area contributed by atoms with Crippen LogP contribution in [0.3, 0.4) is 0 Å². The van der Waals surface area contributed by atoms with E-state index in [1.165, 1.54) is 0 Å². The zero-order valence-electron chi connectivity index (χ0n) is 6.68. The van der Waals surface area contributed by atoms with Crippen LogP contribution in [0.4, 0.5) is 13.2 Å². The molecule has 0 atom stereocenters. The quantitative estimate of drug-likeness (QED) is 0.825. The van der Waals surface area contributed by atoms with E-state index in [0.717, 1.165) is 6.20 Å². The maximum Gasteiger partial charge on any atom is 0.408 e. The van der Waals surface area contributed by atoms with Crippen LogP contribution in [-0.4, -0.2) is 21.9 Å². The molecule has 0 aliphatic carbocycles. The number of nitrogens with two attached hydrogens (primary N) is 1. The smallest absolute Gasteiger partial charge is 0.365 e. The fraction of sp³-hybridized carbons (Fsp3) is 0.333. The van der Waals surface area contributed by atoms with E-state index in [1.54, 1.807) is 0 Å². The molecule has 1 heterocycles. The molecule has 8 heteroatoms. The van der Waals surface area contributed by atoms with Crippen LogP contribution < -0.4 is 5.73 Å². The van der Waals surface area contributed by atoms with Crippen molar-refractivity contribution in [3.05, 3.63) is 16.9 Å². The third-order valence-corrected chi connectivity index (χ3v) is 1.60. The fourth-order valence-electron chi connectivity index (χ4n) is 0.828. The number of primary amides is 1. The Hall–Kier alpha value is -1.24. The summed E-state index contributed by atoms with van der Waals surface area (Å²) in [5, 5.41) is 2.95. The number of rotatable bonds is 2. The number of amides is 1. The number of aromatic nitrogens is 2. The van der Waals surface area contributed by atoms with Crippen LogP contribution in [0.25, 0.3) is 0 Å². The van der Waals surface area contributed by atoms with Crippen molar-refractivity contribution in [2.24, 2.45) is 5.73 Å². The lowest BCUT2D eigenvalue weighted by molar-refractivity contribution is -0.142. The van der Waals surface area contributed by atoms with Crippen LogP contribution >= 0.6 is 11.6 Å². The van der Waals surface area contributed by atoms with Gasteiger partial charge in [0, 0.05) is 6.20 Å². The summed E-state index contributed by atoms with van der Waals surface area (Å²) < 4.78 is 36.1. The molecule has 1 aromatic heterocycles. The molecule has 0 saturated carbocycles. The molecule has 0 bridgehead atoms. The van der Waals surface area contributed by atoms with Gasteiger partial charge in [-0.25, -0.2) is 0 Å². The molecule has 0 aliphatic heterocycles. The Morgan fingerprint density at radius 3 is 2.57 bits per heavy atom. The van der Waals surface area contributed by atoms with Crippen LogP contribution in [0.5, 0.6) is 0 Å². The molecule has 0 saturated heterocycles. The SMILES string of the molecule is NC(=O)c1cn(CC(F)(F)F)nc1Cl. The van der Waals surface area contributed by atoms with Gasteiger partial charge in [0.15, 0.2) is 5.15 Å². The predicted molar refractivity (Wildman–Crippen MR) is 41.8 cm³/mol. The number of halogens is 4. The zero-order chi connectivity index (χ0) is 10.9. The molecular weight excluding hydrogens is 223 g/mol. The van der Waals surface area contributed by atoms with Crippen molar-refractivity contribution in [3.63, 3.8) is 0 Å².